The molecule has 162 valence electrons. The van der Waals surface area contributed by atoms with Gasteiger partial charge in [-0.05, 0) is 42.0 Å². The van der Waals surface area contributed by atoms with Crippen LogP contribution >= 0.6 is 0 Å². The van der Waals surface area contributed by atoms with E-state index in [1.807, 2.05) is 36.4 Å². The van der Waals surface area contributed by atoms with E-state index >= 15 is 0 Å². The average Bonchev–Trinajstić information content (AvgIpc) is 3.29. The minimum Gasteiger partial charge on any atom is -0.481 e. The standard InChI is InChI=1S/C24H26N2O5/c1-24(22(28)29)12-6-11-20(24)26-21(27)13-25-23(30)31-14-19-17-9-4-2-7-15(17)16-8-3-5-10-18(16)19/h2-5,7-10,19-20H,6,11-14H2,1H3,(H,25,30)(H,26,27)(H,28,29). The van der Waals surface area contributed by atoms with E-state index in [4.69, 9.17) is 4.74 Å². The van der Waals surface area contributed by atoms with Crippen LogP contribution in [0.5, 0.6) is 0 Å². The van der Waals surface area contributed by atoms with Crippen molar-refractivity contribution in [1.29, 1.82) is 0 Å². The maximum Gasteiger partial charge on any atom is 0.407 e. The number of hydrogen-bond acceptors (Lipinski definition) is 4. The maximum absolute atomic E-state index is 12.2. The normalized spacial score (nSPS) is 21.8. The van der Waals surface area contributed by atoms with Gasteiger partial charge < -0.3 is 20.5 Å². The van der Waals surface area contributed by atoms with Gasteiger partial charge in [0.25, 0.3) is 0 Å². The van der Waals surface area contributed by atoms with Crippen LogP contribution in [-0.2, 0) is 14.3 Å². The molecule has 0 spiro atoms. The smallest absolute Gasteiger partial charge is 0.407 e. The number of hydrogen-bond donors (Lipinski definition) is 3. The van der Waals surface area contributed by atoms with Crippen LogP contribution in [0.15, 0.2) is 48.5 Å². The first-order valence-corrected chi connectivity index (χ1v) is 10.5. The van der Waals surface area contributed by atoms with Gasteiger partial charge in [0.15, 0.2) is 0 Å². The SMILES string of the molecule is CC1(C(=O)O)CCCC1NC(=O)CNC(=O)OCC1c2ccccc2-c2ccccc21. The monoisotopic (exact) mass is 422 g/mol. The van der Waals surface area contributed by atoms with Crippen molar-refractivity contribution < 1.29 is 24.2 Å². The molecule has 4 rings (SSSR count). The lowest BCUT2D eigenvalue weighted by Gasteiger charge is -2.27. The number of alkyl carbamates (subject to hydrolysis) is 1. The minimum atomic E-state index is -0.973. The third-order valence-electron chi connectivity index (χ3n) is 6.52. The number of aliphatic carboxylic acids is 1. The number of fused-ring (bicyclic) bond motifs is 3. The molecule has 2 unspecified atom stereocenters. The molecule has 7 heteroatoms. The Labute approximate surface area is 180 Å². The van der Waals surface area contributed by atoms with Crippen LogP contribution in [0.3, 0.4) is 0 Å². The molecule has 2 aromatic carbocycles. The van der Waals surface area contributed by atoms with E-state index in [2.05, 4.69) is 22.8 Å². The highest BCUT2D eigenvalue weighted by molar-refractivity contribution is 5.84. The first-order valence-electron chi connectivity index (χ1n) is 10.5. The third-order valence-corrected chi connectivity index (χ3v) is 6.52. The molecule has 2 aliphatic rings. The number of nitrogens with one attached hydrogen (secondary N) is 2. The van der Waals surface area contributed by atoms with Gasteiger partial charge in [-0.1, -0.05) is 55.0 Å². The molecule has 0 aliphatic heterocycles. The molecule has 3 N–H and O–H groups in total. The van der Waals surface area contributed by atoms with Crippen molar-refractivity contribution in [2.75, 3.05) is 13.2 Å². The van der Waals surface area contributed by atoms with Gasteiger partial charge >= 0.3 is 12.1 Å². The number of rotatable bonds is 6. The van der Waals surface area contributed by atoms with Crippen molar-refractivity contribution in [3.63, 3.8) is 0 Å². The van der Waals surface area contributed by atoms with Crippen LogP contribution in [0, 0.1) is 5.41 Å². The van der Waals surface area contributed by atoms with E-state index in [1.165, 1.54) is 0 Å². The molecule has 1 fully saturated rings. The summed E-state index contributed by atoms with van der Waals surface area (Å²) in [4.78, 5) is 35.9. The Morgan fingerprint density at radius 2 is 1.68 bits per heavy atom. The van der Waals surface area contributed by atoms with E-state index in [9.17, 15) is 19.5 Å². The van der Waals surface area contributed by atoms with Gasteiger partial charge in [-0.25, -0.2) is 4.79 Å². The lowest BCUT2D eigenvalue weighted by Crippen LogP contribution is -2.49. The Morgan fingerprint density at radius 1 is 1.06 bits per heavy atom. The van der Waals surface area contributed by atoms with Gasteiger partial charge in [0.05, 0.1) is 5.41 Å². The van der Waals surface area contributed by atoms with Crippen molar-refractivity contribution in [1.82, 2.24) is 10.6 Å². The predicted molar refractivity (Wildman–Crippen MR) is 115 cm³/mol. The molecule has 2 atom stereocenters. The summed E-state index contributed by atoms with van der Waals surface area (Å²) in [5.74, 6) is -1.39. The van der Waals surface area contributed by atoms with Crippen LogP contribution < -0.4 is 10.6 Å². The second-order valence-corrected chi connectivity index (χ2v) is 8.41. The van der Waals surface area contributed by atoms with Crippen LogP contribution in [0.1, 0.15) is 43.2 Å². The summed E-state index contributed by atoms with van der Waals surface area (Å²) in [6, 6.07) is 15.7. The Kier molecular flexibility index (Phi) is 5.67. The second kappa shape index (κ2) is 8.41. The summed E-state index contributed by atoms with van der Waals surface area (Å²) in [5.41, 5.74) is 3.54. The summed E-state index contributed by atoms with van der Waals surface area (Å²) in [5, 5.41) is 14.6. The fraction of sp³-hybridized carbons (Fsp3) is 0.375. The Balaban J connectivity index is 1.30. The molecule has 1 saturated carbocycles. The zero-order chi connectivity index (χ0) is 22.0. The fourth-order valence-corrected chi connectivity index (χ4v) is 4.70. The van der Waals surface area contributed by atoms with Crippen molar-refractivity contribution >= 4 is 18.0 Å². The molecule has 0 heterocycles. The Hall–Kier alpha value is -3.35. The van der Waals surface area contributed by atoms with Gasteiger partial charge in [-0.3, -0.25) is 9.59 Å². The van der Waals surface area contributed by atoms with E-state index in [0.717, 1.165) is 28.7 Å². The molecule has 0 bridgehead atoms. The number of carboxylic acids is 1. The van der Waals surface area contributed by atoms with E-state index in [-0.39, 0.29) is 19.1 Å². The number of amides is 2. The van der Waals surface area contributed by atoms with Crippen molar-refractivity contribution in [2.24, 2.45) is 5.41 Å². The minimum absolute atomic E-state index is 0.0539. The van der Waals surface area contributed by atoms with Gasteiger partial charge in [-0.2, -0.15) is 0 Å². The number of carbonyl (C=O) groups is 3. The van der Waals surface area contributed by atoms with Crippen LogP contribution in [0.4, 0.5) is 4.79 Å². The predicted octanol–water partition coefficient (Wildman–Crippen LogP) is 3.28. The Morgan fingerprint density at radius 3 is 2.29 bits per heavy atom. The summed E-state index contributed by atoms with van der Waals surface area (Å²) >= 11 is 0. The first-order chi connectivity index (χ1) is 14.9. The fourth-order valence-electron chi connectivity index (χ4n) is 4.70. The van der Waals surface area contributed by atoms with E-state index in [1.54, 1.807) is 6.92 Å². The van der Waals surface area contributed by atoms with Gasteiger partial charge in [-0.15, -0.1) is 0 Å². The van der Waals surface area contributed by atoms with Crippen LogP contribution in [-0.4, -0.2) is 42.3 Å². The summed E-state index contributed by atoms with van der Waals surface area (Å²) < 4.78 is 5.42. The summed E-state index contributed by atoms with van der Waals surface area (Å²) in [6.45, 7) is 1.55. The quantitative estimate of drug-likeness (QED) is 0.663. The van der Waals surface area contributed by atoms with Crippen LogP contribution in [0.25, 0.3) is 11.1 Å². The first kappa shape index (κ1) is 20.9. The van der Waals surface area contributed by atoms with Crippen molar-refractivity contribution in [3.05, 3.63) is 59.7 Å². The lowest BCUT2D eigenvalue weighted by molar-refractivity contribution is -0.149. The zero-order valence-electron chi connectivity index (χ0n) is 17.4. The zero-order valence-corrected chi connectivity index (χ0v) is 17.4. The Bertz CT molecular complexity index is 975. The van der Waals surface area contributed by atoms with E-state index in [0.29, 0.717) is 12.8 Å². The highest BCUT2D eigenvalue weighted by Crippen LogP contribution is 2.44. The lowest BCUT2D eigenvalue weighted by atomic mass is 9.85. The molecule has 2 amide bonds. The molecule has 2 aromatic rings. The van der Waals surface area contributed by atoms with Gasteiger partial charge in [0.1, 0.15) is 13.2 Å². The highest BCUT2D eigenvalue weighted by atomic mass is 16.5. The molecule has 0 aromatic heterocycles. The van der Waals surface area contributed by atoms with E-state index < -0.39 is 29.4 Å². The molecule has 2 aliphatic carbocycles. The van der Waals surface area contributed by atoms with Crippen LogP contribution in [0.2, 0.25) is 0 Å². The second-order valence-electron chi connectivity index (χ2n) is 8.41. The van der Waals surface area contributed by atoms with Gasteiger partial charge in [0, 0.05) is 12.0 Å². The third kappa shape index (κ3) is 4.00. The number of carbonyl (C=O) groups excluding carboxylic acids is 2. The molecule has 0 saturated heterocycles. The van der Waals surface area contributed by atoms with Crippen molar-refractivity contribution in [3.8, 4) is 11.1 Å². The topological polar surface area (TPSA) is 105 Å². The molecule has 31 heavy (non-hydrogen) atoms. The molecule has 7 nitrogen and oxygen atoms in total. The summed E-state index contributed by atoms with van der Waals surface area (Å²) in [7, 11) is 0. The summed E-state index contributed by atoms with van der Waals surface area (Å²) in [6.07, 6.45) is 1.20. The maximum atomic E-state index is 12.2. The largest absolute Gasteiger partial charge is 0.481 e. The van der Waals surface area contributed by atoms with Gasteiger partial charge in [0.2, 0.25) is 5.91 Å². The number of benzene rings is 2. The molecule has 0 radical (unpaired) electrons. The van der Waals surface area contributed by atoms with Crippen molar-refractivity contribution in [2.45, 2.75) is 38.1 Å². The molecular weight excluding hydrogens is 396 g/mol. The number of ether oxygens (including phenoxy) is 1. The number of carboxylic acid groups (broad SMARTS) is 1. The highest BCUT2D eigenvalue weighted by Gasteiger charge is 2.45. The average molecular weight is 422 g/mol. The molecular formula is C24H26N2O5.